The van der Waals surface area contributed by atoms with Gasteiger partial charge >= 0.3 is 0 Å². The van der Waals surface area contributed by atoms with Gasteiger partial charge in [0.25, 0.3) is 0 Å². The summed E-state index contributed by atoms with van der Waals surface area (Å²) in [7, 11) is 0. The van der Waals surface area contributed by atoms with Crippen molar-refractivity contribution in [3.63, 3.8) is 0 Å². The van der Waals surface area contributed by atoms with Crippen LogP contribution in [0, 0.1) is 0 Å². The molecule has 0 unspecified atom stereocenters. The molecule has 1 amide bonds. The lowest BCUT2D eigenvalue weighted by Crippen LogP contribution is -2.22. The molecule has 3 aromatic carbocycles. The minimum absolute atomic E-state index is 0.0744. The molecule has 4 rings (SSSR count). The van der Waals surface area contributed by atoms with Crippen molar-refractivity contribution in [3.05, 3.63) is 101 Å². The predicted molar refractivity (Wildman–Crippen MR) is 120 cm³/mol. The molecule has 0 saturated carbocycles. The Labute approximate surface area is 175 Å². The van der Waals surface area contributed by atoms with Crippen LogP contribution in [-0.4, -0.2) is 10.9 Å². The van der Waals surface area contributed by atoms with E-state index in [9.17, 15) is 4.79 Å². The van der Waals surface area contributed by atoms with Crippen LogP contribution in [-0.2, 0) is 17.8 Å². The van der Waals surface area contributed by atoms with Gasteiger partial charge in [0.2, 0.25) is 5.91 Å². The fraction of sp³-hybridized carbons (Fsp3) is 0.120. The number of hydrogen-bond donors (Lipinski definition) is 1. The molecule has 0 fully saturated rings. The highest BCUT2D eigenvalue weighted by Gasteiger charge is 2.07. The van der Waals surface area contributed by atoms with Crippen LogP contribution >= 0.6 is 11.3 Å². The second-order valence-electron chi connectivity index (χ2n) is 6.86. The molecule has 1 heterocycles. The molecule has 0 spiro atoms. The molecule has 1 aromatic heterocycles. The number of rotatable bonds is 7. The van der Waals surface area contributed by atoms with Crippen molar-refractivity contribution in [1.29, 1.82) is 0 Å². The molecule has 29 heavy (non-hydrogen) atoms. The molecule has 0 aliphatic rings. The first-order valence-electron chi connectivity index (χ1n) is 9.69. The Kier molecular flexibility index (Phi) is 6.13. The van der Waals surface area contributed by atoms with Gasteiger partial charge in [0.15, 0.2) is 0 Å². The molecule has 0 radical (unpaired) electrons. The lowest BCUT2D eigenvalue weighted by Gasteiger charge is -2.06. The lowest BCUT2D eigenvalue weighted by atomic mass is 10.1. The molecule has 0 saturated heterocycles. The van der Waals surface area contributed by atoms with Gasteiger partial charge in [-0.1, -0.05) is 84.9 Å². The zero-order valence-corrected chi connectivity index (χ0v) is 16.9. The van der Waals surface area contributed by atoms with Crippen molar-refractivity contribution in [2.24, 2.45) is 0 Å². The monoisotopic (exact) mass is 398 g/mol. The van der Waals surface area contributed by atoms with Crippen molar-refractivity contribution in [3.8, 4) is 21.8 Å². The highest BCUT2D eigenvalue weighted by molar-refractivity contribution is 7.13. The number of carbonyl (C=O) groups excluding carboxylic acids is 1. The van der Waals surface area contributed by atoms with E-state index in [1.165, 1.54) is 5.56 Å². The van der Waals surface area contributed by atoms with Gasteiger partial charge in [-0.25, -0.2) is 4.98 Å². The molecule has 0 aliphatic carbocycles. The molecular formula is C25H22N2OS. The van der Waals surface area contributed by atoms with Crippen LogP contribution in [0.15, 0.2) is 90.3 Å². The molecule has 0 bridgehead atoms. The van der Waals surface area contributed by atoms with Crippen LogP contribution in [0.1, 0.15) is 17.5 Å². The summed E-state index contributed by atoms with van der Waals surface area (Å²) in [4.78, 5) is 16.9. The number of carbonyl (C=O) groups is 1. The van der Waals surface area contributed by atoms with Crippen LogP contribution in [0.25, 0.3) is 21.8 Å². The highest BCUT2D eigenvalue weighted by Crippen LogP contribution is 2.28. The minimum Gasteiger partial charge on any atom is -0.352 e. The zero-order chi connectivity index (χ0) is 19.9. The maximum atomic E-state index is 12.1. The molecule has 0 atom stereocenters. The lowest BCUT2D eigenvalue weighted by molar-refractivity contribution is -0.121. The van der Waals surface area contributed by atoms with Crippen LogP contribution < -0.4 is 5.32 Å². The summed E-state index contributed by atoms with van der Waals surface area (Å²) in [5, 5.41) is 6.09. The number of amides is 1. The van der Waals surface area contributed by atoms with Gasteiger partial charge in [-0.3, -0.25) is 4.79 Å². The molecule has 4 heteroatoms. The normalized spacial score (nSPS) is 10.6. The number of nitrogens with zero attached hydrogens (tertiary/aromatic N) is 1. The van der Waals surface area contributed by atoms with Gasteiger partial charge in [0.1, 0.15) is 5.01 Å². The molecule has 1 N–H and O–H groups in total. The standard InChI is InChI=1S/C25H22N2OS/c28-24(16-13-19-7-3-1-4-8-19)26-17-20-11-14-22(15-12-20)25-27-23(18-29-25)21-9-5-2-6-10-21/h1-12,14-15,18H,13,16-17H2,(H,26,28). The smallest absolute Gasteiger partial charge is 0.220 e. The van der Waals surface area contributed by atoms with E-state index >= 15 is 0 Å². The van der Waals surface area contributed by atoms with Crippen molar-refractivity contribution in [1.82, 2.24) is 10.3 Å². The van der Waals surface area contributed by atoms with E-state index in [1.54, 1.807) is 11.3 Å². The Morgan fingerprint density at radius 1 is 0.793 bits per heavy atom. The summed E-state index contributed by atoms with van der Waals surface area (Å²) < 4.78 is 0. The first kappa shape index (κ1) is 19.1. The number of aryl methyl sites for hydroxylation is 1. The van der Waals surface area contributed by atoms with E-state index in [0.29, 0.717) is 13.0 Å². The molecule has 4 aromatic rings. The average Bonchev–Trinajstić information content (AvgIpc) is 3.28. The quantitative estimate of drug-likeness (QED) is 0.432. The van der Waals surface area contributed by atoms with E-state index in [2.05, 4.69) is 47.1 Å². The van der Waals surface area contributed by atoms with Crippen molar-refractivity contribution >= 4 is 17.2 Å². The van der Waals surface area contributed by atoms with Crippen LogP contribution in [0.4, 0.5) is 0 Å². The number of hydrogen-bond acceptors (Lipinski definition) is 3. The summed E-state index contributed by atoms with van der Waals surface area (Å²) >= 11 is 1.65. The SMILES string of the molecule is O=C(CCc1ccccc1)NCc1ccc(-c2nc(-c3ccccc3)cs2)cc1. The Morgan fingerprint density at radius 3 is 2.21 bits per heavy atom. The van der Waals surface area contributed by atoms with Crippen LogP contribution in [0.5, 0.6) is 0 Å². The summed E-state index contributed by atoms with van der Waals surface area (Å²) in [6, 6.07) is 28.5. The summed E-state index contributed by atoms with van der Waals surface area (Å²) in [5.74, 6) is 0.0744. The van der Waals surface area contributed by atoms with E-state index < -0.39 is 0 Å². The topological polar surface area (TPSA) is 42.0 Å². The maximum Gasteiger partial charge on any atom is 0.220 e. The molecule has 3 nitrogen and oxygen atoms in total. The van der Waals surface area contributed by atoms with Gasteiger partial charge in [-0.15, -0.1) is 11.3 Å². The fourth-order valence-corrected chi connectivity index (χ4v) is 3.94. The predicted octanol–water partition coefficient (Wildman–Crippen LogP) is 5.73. The van der Waals surface area contributed by atoms with E-state index in [-0.39, 0.29) is 5.91 Å². The molecule has 0 aliphatic heterocycles. The summed E-state index contributed by atoms with van der Waals surface area (Å²) in [6.07, 6.45) is 1.27. The number of aromatic nitrogens is 1. The molecular weight excluding hydrogens is 376 g/mol. The van der Waals surface area contributed by atoms with Crippen LogP contribution in [0.2, 0.25) is 0 Å². The maximum absolute atomic E-state index is 12.1. The Morgan fingerprint density at radius 2 is 1.48 bits per heavy atom. The Hall–Kier alpha value is -3.24. The van der Waals surface area contributed by atoms with Gasteiger partial charge in [0.05, 0.1) is 5.69 Å². The zero-order valence-electron chi connectivity index (χ0n) is 16.0. The third-order valence-electron chi connectivity index (χ3n) is 4.75. The van der Waals surface area contributed by atoms with Crippen molar-refractivity contribution in [2.45, 2.75) is 19.4 Å². The summed E-state index contributed by atoms with van der Waals surface area (Å²) in [5.41, 5.74) is 5.49. The number of benzene rings is 3. The fourth-order valence-electron chi connectivity index (χ4n) is 3.10. The highest BCUT2D eigenvalue weighted by atomic mass is 32.1. The second-order valence-corrected chi connectivity index (χ2v) is 7.72. The van der Waals surface area contributed by atoms with Gasteiger partial charge in [-0.05, 0) is 17.5 Å². The van der Waals surface area contributed by atoms with E-state index in [4.69, 9.17) is 4.98 Å². The first-order chi connectivity index (χ1) is 14.3. The van der Waals surface area contributed by atoms with Crippen molar-refractivity contribution in [2.75, 3.05) is 0 Å². The van der Waals surface area contributed by atoms with E-state index in [1.807, 2.05) is 48.5 Å². The Balaban J connectivity index is 1.31. The largest absolute Gasteiger partial charge is 0.352 e. The van der Waals surface area contributed by atoms with Crippen molar-refractivity contribution < 1.29 is 4.79 Å². The second kappa shape index (κ2) is 9.30. The van der Waals surface area contributed by atoms with Gasteiger partial charge in [-0.2, -0.15) is 0 Å². The Bertz CT molecular complexity index is 1060. The van der Waals surface area contributed by atoms with Crippen LogP contribution in [0.3, 0.4) is 0 Å². The number of thiazole rings is 1. The average molecular weight is 399 g/mol. The summed E-state index contributed by atoms with van der Waals surface area (Å²) in [6.45, 7) is 0.543. The first-order valence-corrected chi connectivity index (χ1v) is 10.6. The third-order valence-corrected chi connectivity index (χ3v) is 5.64. The molecule has 144 valence electrons. The van der Waals surface area contributed by atoms with Gasteiger partial charge < -0.3 is 5.32 Å². The minimum atomic E-state index is 0.0744. The van der Waals surface area contributed by atoms with E-state index in [0.717, 1.165) is 33.8 Å². The number of nitrogens with one attached hydrogen (secondary N) is 1. The third kappa shape index (κ3) is 5.18. The van der Waals surface area contributed by atoms with Gasteiger partial charge in [0, 0.05) is 29.5 Å².